The molecule has 0 bridgehead atoms. The molecule has 0 aliphatic rings. The maximum atomic E-state index is 5.53. The molecular formula is C11H15BrN6. The molecule has 7 heteroatoms. The van der Waals surface area contributed by atoms with Crippen molar-refractivity contribution in [2.45, 2.75) is 19.4 Å². The number of hydrogen-bond donors (Lipinski definition) is 2. The van der Waals surface area contributed by atoms with E-state index in [1.807, 2.05) is 12.5 Å². The number of nitrogen functional groups attached to an aromatic ring is 1. The Morgan fingerprint density at radius 1 is 1.39 bits per heavy atom. The van der Waals surface area contributed by atoms with Crippen molar-refractivity contribution in [1.29, 1.82) is 0 Å². The lowest BCUT2D eigenvalue weighted by Gasteiger charge is -2.07. The number of unbranched alkanes of at least 4 members (excludes halogenated alkanes) is 1. The molecular weight excluding hydrogens is 296 g/mol. The van der Waals surface area contributed by atoms with Gasteiger partial charge in [-0.2, -0.15) is 4.98 Å². The van der Waals surface area contributed by atoms with E-state index in [0.717, 1.165) is 36.2 Å². The molecule has 2 rings (SSSR count). The van der Waals surface area contributed by atoms with Crippen LogP contribution in [0, 0.1) is 0 Å². The molecule has 0 saturated heterocycles. The third-order valence-electron chi connectivity index (χ3n) is 2.46. The molecule has 3 N–H and O–H groups in total. The summed E-state index contributed by atoms with van der Waals surface area (Å²) in [5, 5.41) is 3.23. The third-order valence-corrected chi connectivity index (χ3v) is 3.04. The maximum absolute atomic E-state index is 5.53. The van der Waals surface area contributed by atoms with Crippen molar-refractivity contribution in [1.82, 2.24) is 19.5 Å². The Balaban J connectivity index is 1.70. The highest BCUT2D eigenvalue weighted by Crippen LogP contribution is 2.18. The van der Waals surface area contributed by atoms with E-state index >= 15 is 0 Å². The van der Waals surface area contributed by atoms with Crippen LogP contribution in [-0.4, -0.2) is 26.1 Å². The fourth-order valence-electron chi connectivity index (χ4n) is 1.55. The van der Waals surface area contributed by atoms with E-state index in [4.69, 9.17) is 5.73 Å². The summed E-state index contributed by atoms with van der Waals surface area (Å²) >= 11 is 3.38. The number of anilines is 2. The van der Waals surface area contributed by atoms with E-state index in [-0.39, 0.29) is 5.95 Å². The number of nitrogens with zero attached hydrogens (tertiary/aromatic N) is 4. The second kappa shape index (κ2) is 6.34. The van der Waals surface area contributed by atoms with Crippen LogP contribution in [0.25, 0.3) is 0 Å². The van der Waals surface area contributed by atoms with Gasteiger partial charge in [0.05, 0.1) is 10.8 Å². The molecule has 6 nitrogen and oxygen atoms in total. The summed E-state index contributed by atoms with van der Waals surface area (Å²) in [5.41, 5.74) is 5.53. The molecule has 0 amide bonds. The van der Waals surface area contributed by atoms with Crippen molar-refractivity contribution >= 4 is 27.7 Å². The van der Waals surface area contributed by atoms with Crippen LogP contribution in [-0.2, 0) is 6.54 Å². The van der Waals surface area contributed by atoms with Gasteiger partial charge in [-0.1, -0.05) is 0 Å². The van der Waals surface area contributed by atoms with Gasteiger partial charge in [-0.15, -0.1) is 0 Å². The number of rotatable bonds is 6. The summed E-state index contributed by atoms with van der Waals surface area (Å²) in [4.78, 5) is 12.0. The molecule has 2 aromatic rings. The summed E-state index contributed by atoms with van der Waals surface area (Å²) in [7, 11) is 0. The molecule has 0 saturated carbocycles. The first-order valence-corrected chi connectivity index (χ1v) is 6.52. The highest BCUT2D eigenvalue weighted by atomic mass is 79.9. The molecule has 2 aromatic heterocycles. The molecule has 0 fully saturated rings. The second-order valence-electron chi connectivity index (χ2n) is 3.86. The molecule has 18 heavy (non-hydrogen) atoms. The van der Waals surface area contributed by atoms with Gasteiger partial charge in [-0.3, -0.25) is 0 Å². The first-order chi connectivity index (χ1) is 8.75. The van der Waals surface area contributed by atoms with Crippen LogP contribution in [0.1, 0.15) is 12.8 Å². The fourth-order valence-corrected chi connectivity index (χ4v) is 1.88. The average Bonchev–Trinajstić information content (AvgIpc) is 2.86. The molecule has 96 valence electrons. The Bertz CT molecular complexity index is 484. The standard InChI is InChI=1S/C11H15BrN6/c12-9-7-16-11(13)17-10(9)15-3-1-2-5-18-6-4-14-8-18/h4,6-8H,1-3,5H2,(H3,13,15,16,17). The zero-order valence-corrected chi connectivity index (χ0v) is 11.5. The van der Waals surface area contributed by atoms with Crippen molar-refractivity contribution < 1.29 is 0 Å². The SMILES string of the molecule is Nc1ncc(Br)c(NCCCCn2ccnc2)n1. The Labute approximate surface area is 114 Å². The summed E-state index contributed by atoms with van der Waals surface area (Å²) in [6, 6.07) is 0. The van der Waals surface area contributed by atoms with Crippen molar-refractivity contribution in [2.24, 2.45) is 0 Å². The van der Waals surface area contributed by atoms with Gasteiger partial charge in [-0.25, -0.2) is 9.97 Å². The summed E-state index contributed by atoms with van der Waals surface area (Å²) in [6.45, 7) is 1.83. The van der Waals surface area contributed by atoms with Gasteiger partial charge in [0.15, 0.2) is 0 Å². The van der Waals surface area contributed by atoms with Crippen molar-refractivity contribution in [2.75, 3.05) is 17.6 Å². The first-order valence-electron chi connectivity index (χ1n) is 5.73. The van der Waals surface area contributed by atoms with E-state index < -0.39 is 0 Å². The van der Waals surface area contributed by atoms with Crippen LogP contribution in [0.5, 0.6) is 0 Å². The Hall–Kier alpha value is -1.63. The summed E-state index contributed by atoms with van der Waals surface area (Å²) < 4.78 is 2.89. The maximum Gasteiger partial charge on any atom is 0.221 e. The summed E-state index contributed by atoms with van der Waals surface area (Å²) in [5.74, 6) is 1.02. The average molecular weight is 311 g/mol. The minimum atomic E-state index is 0.277. The Morgan fingerprint density at radius 3 is 3.06 bits per heavy atom. The highest BCUT2D eigenvalue weighted by molar-refractivity contribution is 9.10. The van der Waals surface area contributed by atoms with E-state index in [0.29, 0.717) is 0 Å². The van der Waals surface area contributed by atoms with Gasteiger partial charge >= 0.3 is 0 Å². The number of nitrogens with one attached hydrogen (secondary N) is 1. The van der Waals surface area contributed by atoms with Gasteiger partial charge in [-0.05, 0) is 28.8 Å². The number of aryl methyl sites for hydroxylation is 1. The quantitative estimate of drug-likeness (QED) is 0.796. The van der Waals surface area contributed by atoms with Gasteiger partial charge in [0.25, 0.3) is 0 Å². The van der Waals surface area contributed by atoms with Crippen LogP contribution < -0.4 is 11.1 Å². The van der Waals surface area contributed by atoms with Crippen molar-refractivity contribution in [3.63, 3.8) is 0 Å². The highest BCUT2D eigenvalue weighted by Gasteiger charge is 2.01. The topological polar surface area (TPSA) is 81.6 Å². The second-order valence-corrected chi connectivity index (χ2v) is 4.71. The molecule has 0 unspecified atom stereocenters. The lowest BCUT2D eigenvalue weighted by molar-refractivity contribution is 0.620. The predicted molar refractivity (Wildman–Crippen MR) is 74.1 cm³/mol. The van der Waals surface area contributed by atoms with E-state index in [1.165, 1.54) is 0 Å². The molecule has 0 aliphatic heterocycles. The number of hydrogen-bond acceptors (Lipinski definition) is 5. The van der Waals surface area contributed by atoms with Crippen LogP contribution in [0.15, 0.2) is 29.4 Å². The van der Waals surface area contributed by atoms with Crippen molar-refractivity contribution in [3.05, 3.63) is 29.4 Å². The molecule has 2 heterocycles. The minimum absolute atomic E-state index is 0.277. The minimum Gasteiger partial charge on any atom is -0.369 e. The van der Waals surface area contributed by atoms with E-state index in [2.05, 4.69) is 40.8 Å². The first kappa shape index (κ1) is 12.8. The van der Waals surface area contributed by atoms with Gasteiger partial charge in [0.2, 0.25) is 5.95 Å². The van der Waals surface area contributed by atoms with E-state index in [1.54, 1.807) is 12.4 Å². The van der Waals surface area contributed by atoms with Crippen LogP contribution in [0.3, 0.4) is 0 Å². The Kier molecular flexibility index (Phi) is 4.52. The normalized spacial score (nSPS) is 10.5. The molecule has 0 radical (unpaired) electrons. The summed E-state index contributed by atoms with van der Waals surface area (Å²) in [6.07, 6.45) is 9.37. The number of aromatic nitrogens is 4. The monoisotopic (exact) mass is 310 g/mol. The smallest absolute Gasteiger partial charge is 0.221 e. The third kappa shape index (κ3) is 3.69. The molecule has 0 atom stereocenters. The van der Waals surface area contributed by atoms with E-state index in [9.17, 15) is 0 Å². The zero-order chi connectivity index (χ0) is 12.8. The van der Waals surface area contributed by atoms with Gasteiger partial charge in [0, 0.05) is 31.7 Å². The molecule has 0 aliphatic carbocycles. The van der Waals surface area contributed by atoms with Crippen LogP contribution >= 0.6 is 15.9 Å². The van der Waals surface area contributed by atoms with Crippen LogP contribution in [0.2, 0.25) is 0 Å². The lowest BCUT2D eigenvalue weighted by Crippen LogP contribution is -2.07. The predicted octanol–water partition coefficient (Wildman–Crippen LogP) is 1.91. The largest absolute Gasteiger partial charge is 0.369 e. The lowest BCUT2D eigenvalue weighted by atomic mass is 10.3. The number of halogens is 1. The zero-order valence-electron chi connectivity index (χ0n) is 9.88. The van der Waals surface area contributed by atoms with Gasteiger partial charge in [0.1, 0.15) is 5.82 Å². The molecule has 0 spiro atoms. The van der Waals surface area contributed by atoms with Gasteiger partial charge < -0.3 is 15.6 Å². The number of imidazole rings is 1. The van der Waals surface area contributed by atoms with Crippen LogP contribution in [0.4, 0.5) is 11.8 Å². The fraction of sp³-hybridized carbons (Fsp3) is 0.364. The van der Waals surface area contributed by atoms with Crippen molar-refractivity contribution in [3.8, 4) is 0 Å². The Morgan fingerprint density at radius 2 is 2.28 bits per heavy atom. The number of nitrogens with two attached hydrogens (primary N) is 1. The molecule has 0 aromatic carbocycles.